The minimum absolute atomic E-state index is 0.117. The van der Waals surface area contributed by atoms with Gasteiger partial charge in [0.05, 0.1) is 18.6 Å². The molecule has 0 spiro atoms. The van der Waals surface area contributed by atoms with Crippen LogP contribution in [0.25, 0.3) is 0 Å². The van der Waals surface area contributed by atoms with Crippen LogP contribution in [-0.2, 0) is 23.7 Å². The number of alkyl halides is 2. The molecule has 40 heavy (non-hydrogen) atoms. The highest BCUT2D eigenvalue weighted by atomic mass is 19.3. The van der Waals surface area contributed by atoms with Gasteiger partial charge in [-0.3, -0.25) is 14.7 Å². The highest BCUT2D eigenvalue weighted by Gasteiger charge is 2.59. The average Bonchev–Trinajstić information content (AvgIpc) is 3.05. The van der Waals surface area contributed by atoms with E-state index in [1.54, 1.807) is 41.5 Å². The number of rotatable bonds is 8. The molecule has 2 rings (SSSR count). The van der Waals surface area contributed by atoms with Gasteiger partial charge in [0.2, 0.25) is 6.23 Å². The minimum Gasteiger partial charge on any atom is -0.447 e. The number of likely N-dealkylation sites (N-methyl/N-ethyl adjacent to an activating group) is 1. The Labute approximate surface area is 229 Å². The summed E-state index contributed by atoms with van der Waals surface area (Å²) < 4.78 is 49.6. The van der Waals surface area contributed by atoms with E-state index in [2.05, 4.69) is 10.3 Å². The summed E-state index contributed by atoms with van der Waals surface area (Å²) in [5.74, 6) is -4.77. The van der Waals surface area contributed by atoms with Crippen LogP contribution in [0.5, 0.6) is 0 Å². The van der Waals surface area contributed by atoms with Crippen molar-refractivity contribution in [3.8, 4) is 0 Å². The first kappa shape index (κ1) is 32.8. The van der Waals surface area contributed by atoms with Gasteiger partial charge in [-0.2, -0.15) is 13.8 Å². The van der Waals surface area contributed by atoms with E-state index in [-0.39, 0.29) is 19.0 Å². The maximum Gasteiger partial charge on any atom is 0.412 e. The van der Waals surface area contributed by atoms with Crippen molar-refractivity contribution < 1.29 is 52.3 Å². The standard InChI is InChI=1S/C24H36F2N4O10/c1-22(2,3)17(33)39-18(23(4,5)6)40-21(36)29(7)10-11-37-20(35)28-14-8-9-30(19(34)27-14)16-24(25,26)15(32)13(12-31)38-16/h8-9,13,15-16,18,31-32H,10-12H2,1-7H3,(H,27,28,34,35)/t13-,15-,16-,18?/m1/s1. The predicted octanol–water partition coefficient (Wildman–Crippen LogP) is 1.71. The quantitative estimate of drug-likeness (QED) is 0.302. The molecule has 0 saturated carbocycles. The molecular formula is C24H36F2N4O10. The SMILES string of the molecule is CN(CCOC(=O)Nc1ccn([C@@H]2O[C@H](CO)[C@@H](O)C2(F)F)c(=O)n1)C(=O)OC(OC(=O)C(C)(C)C)C(C)(C)C. The van der Waals surface area contributed by atoms with Crippen LogP contribution in [0.2, 0.25) is 0 Å². The number of aliphatic hydroxyl groups excluding tert-OH is 2. The van der Waals surface area contributed by atoms with Crippen LogP contribution in [0.4, 0.5) is 24.2 Å². The number of amides is 2. The van der Waals surface area contributed by atoms with E-state index >= 15 is 0 Å². The summed E-state index contributed by atoms with van der Waals surface area (Å²) in [5.41, 5.74) is -2.77. The molecule has 1 aliphatic rings. The largest absolute Gasteiger partial charge is 0.447 e. The van der Waals surface area contributed by atoms with Crippen molar-refractivity contribution in [1.29, 1.82) is 0 Å². The third kappa shape index (κ3) is 8.08. The zero-order valence-corrected chi connectivity index (χ0v) is 23.3. The first-order chi connectivity index (χ1) is 18.3. The summed E-state index contributed by atoms with van der Waals surface area (Å²) >= 11 is 0. The van der Waals surface area contributed by atoms with E-state index in [0.717, 1.165) is 17.2 Å². The van der Waals surface area contributed by atoms with Gasteiger partial charge in [-0.05, 0) is 26.8 Å². The first-order valence-corrected chi connectivity index (χ1v) is 12.3. The number of halogens is 2. The van der Waals surface area contributed by atoms with Crippen molar-refractivity contribution in [3.05, 3.63) is 22.7 Å². The lowest BCUT2D eigenvalue weighted by Crippen LogP contribution is -2.42. The second kappa shape index (κ2) is 12.4. The maximum atomic E-state index is 14.3. The van der Waals surface area contributed by atoms with Gasteiger partial charge < -0.3 is 34.1 Å². The Morgan fingerprint density at radius 3 is 2.35 bits per heavy atom. The van der Waals surface area contributed by atoms with Crippen molar-refractivity contribution in [2.24, 2.45) is 10.8 Å². The average molecular weight is 579 g/mol. The number of carbonyl (C=O) groups is 3. The molecule has 14 nitrogen and oxygen atoms in total. The van der Waals surface area contributed by atoms with E-state index in [4.69, 9.17) is 24.1 Å². The predicted molar refractivity (Wildman–Crippen MR) is 133 cm³/mol. The topological polar surface area (TPSA) is 179 Å². The zero-order valence-electron chi connectivity index (χ0n) is 23.3. The van der Waals surface area contributed by atoms with E-state index in [0.29, 0.717) is 4.57 Å². The van der Waals surface area contributed by atoms with Crippen LogP contribution >= 0.6 is 0 Å². The van der Waals surface area contributed by atoms with E-state index < -0.39 is 71.9 Å². The van der Waals surface area contributed by atoms with E-state index in [1.165, 1.54) is 7.05 Å². The lowest BCUT2D eigenvalue weighted by atomic mass is 9.94. The van der Waals surface area contributed by atoms with Crippen LogP contribution in [0.3, 0.4) is 0 Å². The molecule has 1 unspecified atom stereocenters. The maximum absolute atomic E-state index is 14.3. The monoisotopic (exact) mass is 578 g/mol. The molecular weight excluding hydrogens is 542 g/mol. The number of anilines is 1. The smallest absolute Gasteiger partial charge is 0.412 e. The van der Waals surface area contributed by atoms with Gasteiger partial charge in [0, 0.05) is 18.7 Å². The number of hydrogen-bond donors (Lipinski definition) is 3. The van der Waals surface area contributed by atoms with E-state index in [9.17, 15) is 33.1 Å². The summed E-state index contributed by atoms with van der Waals surface area (Å²) in [6.07, 6.45) is -8.36. The van der Waals surface area contributed by atoms with Crippen molar-refractivity contribution in [1.82, 2.24) is 14.5 Å². The van der Waals surface area contributed by atoms with Gasteiger partial charge >= 0.3 is 29.8 Å². The normalized spacial score (nSPS) is 21.3. The number of nitrogens with one attached hydrogen (secondary N) is 1. The van der Waals surface area contributed by atoms with Crippen LogP contribution in [0.15, 0.2) is 17.1 Å². The Morgan fingerprint density at radius 1 is 1.23 bits per heavy atom. The van der Waals surface area contributed by atoms with Crippen molar-refractivity contribution >= 4 is 24.0 Å². The van der Waals surface area contributed by atoms with Crippen molar-refractivity contribution in [2.75, 3.05) is 32.1 Å². The first-order valence-electron chi connectivity index (χ1n) is 12.3. The fourth-order valence-corrected chi connectivity index (χ4v) is 3.12. The van der Waals surface area contributed by atoms with Crippen LogP contribution in [0.1, 0.15) is 47.8 Å². The van der Waals surface area contributed by atoms with Gasteiger partial charge in [0.1, 0.15) is 18.5 Å². The molecule has 3 N–H and O–H groups in total. The molecule has 2 heterocycles. The third-order valence-corrected chi connectivity index (χ3v) is 5.59. The second-order valence-electron chi connectivity index (χ2n) is 11.3. The molecule has 1 aromatic heterocycles. The molecule has 0 radical (unpaired) electrons. The molecule has 226 valence electrons. The highest BCUT2D eigenvalue weighted by molar-refractivity contribution is 5.83. The molecule has 1 fully saturated rings. The summed E-state index contributed by atoms with van der Waals surface area (Å²) in [6.45, 7) is 8.84. The number of aromatic nitrogens is 2. The summed E-state index contributed by atoms with van der Waals surface area (Å²) in [7, 11) is 1.37. The molecule has 16 heteroatoms. The summed E-state index contributed by atoms with van der Waals surface area (Å²) in [5, 5.41) is 20.8. The Kier molecular flexibility index (Phi) is 10.2. The van der Waals surface area contributed by atoms with E-state index in [1.807, 2.05) is 0 Å². The Balaban J connectivity index is 1.90. The number of ether oxygens (including phenoxy) is 4. The highest BCUT2D eigenvalue weighted by Crippen LogP contribution is 2.42. The lowest BCUT2D eigenvalue weighted by molar-refractivity contribution is -0.196. The summed E-state index contributed by atoms with van der Waals surface area (Å²) in [6, 6.07) is 1.02. The Morgan fingerprint density at radius 2 is 1.85 bits per heavy atom. The van der Waals surface area contributed by atoms with Gasteiger partial charge in [-0.25, -0.2) is 14.4 Å². The van der Waals surface area contributed by atoms with Gasteiger partial charge in [-0.1, -0.05) is 20.8 Å². The van der Waals surface area contributed by atoms with Crippen LogP contribution in [-0.4, -0.2) is 94.0 Å². The lowest BCUT2D eigenvalue weighted by Gasteiger charge is -2.32. The Hall–Kier alpha value is -3.37. The minimum atomic E-state index is -3.89. The second-order valence-corrected chi connectivity index (χ2v) is 11.3. The number of hydrogen-bond acceptors (Lipinski definition) is 11. The van der Waals surface area contributed by atoms with Gasteiger partial charge in [-0.15, -0.1) is 0 Å². The van der Waals surface area contributed by atoms with Crippen LogP contribution < -0.4 is 11.0 Å². The molecule has 1 aliphatic heterocycles. The van der Waals surface area contributed by atoms with Gasteiger partial charge in [0.15, 0.2) is 6.10 Å². The van der Waals surface area contributed by atoms with Crippen LogP contribution in [0, 0.1) is 10.8 Å². The molecule has 0 bridgehead atoms. The fourth-order valence-electron chi connectivity index (χ4n) is 3.12. The zero-order chi connectivity index (χ0) is 30.6. The Bertz CT molecular complexity index is 1130. The molecule has 1 saturated heterocycles. The number of esters is 1. The molecule has 1 aromatic rings. The fraction of sp³-hybridized carbons (Fsp3) is 0.708. The third-order valence-electron chi connectivity index (χ3n) is 5.59. The number of nitrogens with zero attached hydrogens (tertiary/aromatic N) is 3. The van der Waals surface area contributed by atoms with Crippen molar-refractivity contribution in [2.45, 2.75) is 72.2 Å². The van der Waals surface area contributed by atoms with Crippen molar-refractivity contribution in [3.63, 3.8) is 0 Å². The van der Waals surface area contributed by atoms with Gasteiger partial charge in [0.25, 0.3) is 6.29 Å². The summed E-state index contributed by atoms with van der Waals surface area (Å²) in [4.78, 5) is 53.7. The molecule has 4 atom stereocenters. The number of carbonyl (C=O) groups excluding carboxylic acids is 3. The molecule has 0 aliphatic carbocycles. The number of aliphatic hydroxyl groups is 2. The molecule has 2 amide bonds. The molecule has 0 aromatic carbocycles.